The monoisotopic (exact) mass is 382 g/mol. The maximum atomic E-state index is 12.4. The molecule has 0 aliphatic heterocycles. The summed E-state index contributed by atoms with van der Waals surface area (Å²) in [7, 11) is -2.81. The highest BCUT2D eigenvalue weighted by Gasteiger charge is 2.17. The number of anilines is 1. The van der Waals surface area contributed by atoms with E-state index in [1.165, 1.54) is 25.3 Å². The van der Waals surface area contributed by atoms with Gasteiger partial charge in [0.1, 0.15) is 4.90 Å². The first-order chi connectivity index (χ1) is 11.6. The molecule has 132 valence electrons. The molecule has 0 heterocycles. The Morgan fingerprint density at radius 2 is 1.76 bits per heavy atom. The zero-order valence-corrected chi connectivity index (χ0v) is 14.9. The number of sulfonamides is 1. The van der Waals surface area contributed by atoms with Crippen LogP contribution >= 0.6 is 11.6 Å². The predicted octanol–water partition coefficient (Wildman–Crippen LogP) is 2.33. The zero-order chi connectivity index (χ0) is 18.8. The number of carbonyl (C=O) groups is 2. The van der Waals surface area contributed by atoms with Crippen molar-refractivity contribution in [1.82, 2.24) is 0 Å². The van der Waals surface area contributed by atoms with E-state index in [1.807, 2.05) is 0 Å². The number of aryl methyl sites for hydroxylation is 1. The van der Waals surface area contributed by atoms with Gasteiger partial charge in [0.25, 0.3) is 5.91 Å². The minimum absolute atomic E-state index is 0.0521. The summed E-state index contributed by atoms with van der Waals surface area (Å²) < 4.78 is 27.6. The number of primary sulfonamides is 1. The first-order valence-corrected chi connectivity index (χ1v) is 8.88. The highest BCUT2D eigenvalue weighted by molar-refractivity contribution is 7.89. The van der Waals surface area contributed by atoms with E-state index in [-0.39, 0.29) is 21.0 Å². The van der Waals surface area contributed by atoms with Crippen LogP contribution in [0.1, 0.15) is 26.3 Å². The van der Waals surface area contributed by atoms with Crippen molar-refractivity contribution in [2.75, 3.05) is 12.4 Å². The van der Waals surface area contributed by atoms with Crippen molar-refractivity contribution >= 4 is 39.2 Å². The van der Waals surface area contributed by atoms with Gasteiger partial charge in [-0.15, -0.1) is 0 Å². The van der Waals surface area contributed by atoms with Crippen LogP contribution in [0.2, 0.25) is 5.02 Å². The standard InChI is InChI=1S/C16H15ClN2O5S/c1-9-3-4-11(16(21)24-2)7-13(9)19-15(20)10-5-6-12(17)14(8-10)25(18,22)23/h3-8H,1-2H3,(H,19,20)(H2,18,22,23). The Balaban J connectivity index is 2.36. The maximum Gasteiger partial charge on any atom is 0.337 e. The van der Waals surface area contributed by atoms with Gasteiger partial charge in [-0.2, -0.15) is 0 Å². The van der Waals surface area contributed by atoms with Crippen LogP contribution in [0, 0.1) is 6.92 Å². The highest BCUT2D eigenvalue weighted by Crippen LogP contribution is 2.23. The van der Waals surface area contributed by atoms with E-state index in [9.17, 15) is 18.0 Å². The lowest BCUT2D eigenvalue weighted by atomic mass is 10.1. The third-order valence-electron chi connectivity index (χ3n) is 3.41. The zero-order valence-electron chi connectivity index (χ0n) is 13.4. The summed E-state index contributed by atoms with van der Waals surface area (Å²) in [4.78, 5) is 23.7. The molecule has 0 unspecified atom stereocenters. The molecule has 1 amide bonds. The number of nitrogens with two attached hydrogens (primary N) is 1. The molecule has 0 saturated carbocycles. The van der Waals surface area contributed by atoms with Crippen LogP contribution < -0.4 is 10.5 Å². The van der Waals surface area contributed by atoms with Crippen molar-refractivity contribution in [1.29, 1.82) is 0 Å². The summed E-state index contributed by atoms with van der Waals surface area (Å²) in [5.74, 6) is -1.12. The summed E-state index contributed by atoms with van der Waals surface area (Å²) in [6, 6.07) is 8.42. The van der Waals surface area contributed by atoms with Gasteiger partial charge >= 0.3 is 5.97 Å². The lowest BCUT2D eigenvalue weighted by molar-refractivity contribution is 0.0600. The number of esters is 1. The fraction of sp³-hybridized carbons (Fsp3) is 0.125. The predicted molar refractivity (Wildman–Crippen MR) is 93.3 cm³/mol. The molecule has 2 aromatic carbocycles. The van der Waals surface area contributed by atoms with Crippen molar-refractivity contribution < 1.29 is 22.7 Å². The number of amides is 1. The van der Waals surface area contributed by atoms with E-state index >= 15 is 0 Å². The van der Waals surface area contributed by atoms with Gasteiger partial charge in [-0.05, 0) is 42.8 Å². The molecule has 25 heavy (non-hydrogen) atoms. The van der Waals surface area contributed by atoms with E-state index in [2.05, 4.69) is 10.1 Å². The van der Waals surface area contributed by atoms with Gasteiger partial charge in [-0.25, -0.2) is 18.4 Å². The summed E-state index contributed by atoms with van der Waals surface area (Å²) in [6.07, 6.45) is 0. The lowest BCUT2D eigenvalue weighted by Crippen LogP contribution is -2.17. The fourth-order valence-electron chi connectivity index (χ4n) is 2.06. The van der Waals surface area contributed by atoms with Gasteiger partial charge in [0, 0.05) is 11.3 Å². The Morgan fingerprint density at radius 3 is 2.36 bits per heavy atom. The minimum atomic E-state index is -4.07. The Kier molecular flexibility index (Phi) is 5.46. The summed E-state index contributed by atoms with van der Waals surface area (Å²) >= 11 is 5.80. The number of hydrogen-bond acceptors (Lipinski definition) is 5. The molecule has 0 fully saturated rings. The number of halogens is 1. The minimum Gasteiger partial charge on any atom is -0.465 e. The first-order valence-electron chi connectivity index (χ1n) is 6.96. The second-order valence-corrected chi connectivity index (χ2v) is 7.10. The Labute approximate surface area is 149 Å². The van der Waals surface area contributed by atoms with Crippen LogP contribution in [-0.4, -0.2) is 27.4 Å². The van der Waals surface area contributed by atoms with Crippen molar-refractivity contribution in [3.8, 4) is 0 Å². The Morgan fingerprint density at radius 1 is 1.12 bits per heavy atom. The molecule has 0 atom stereocenters. The molecule has 9 heteroatoms. The molecular weight excluding hydrogens is 368 g/mol. The molecular formula is C16H15ClN2O5S. The van der Waals surface area contributed by atoms with Crippen LogP contribution in [0.3, 0.4) is 0 Å². The van der Waals surface area contributed by atoms with E-state index in [1.54, 1.807) is 19.1 Å². The van der Waals surface area contributed by atoms with Gasteiger partial charge in [-0.1, -0.05) is 17.7 Å². The summed E-state index contributed by atoms with van der Waals surface area (Å²) in [5.41, 5.74) is 1.42. The maximum absolute atomic E-state index is 12.4. The van der Waals surface area contributed by atoms with Gasteiger partial charge in [-0.3, -0.25) is 4.79 Å². The molecule has 2 rings (SSSR count). The number of ether oxygens (including phenoxy) is 1. The molecule has 0 aromatic heterocycles. The molecule has 2 aromatic rings. The quantitative estimate of drug-likeness (QED) is 0.787. The molecule has 0 spiro atoms. The molecule has 3 N–H and O–H groups in total. The molecule has 0 aliphatic carbocycles. The number of carbonyl (C=O) groups excluding carboxylic acids is 2. The molecule has 7 nitrogen and oxygen atoms in total. The van der Waals surface area contributed by atoms with E-state index < -0.39 is 21.9 Å². The van der Waals surface area contributed by atoms with Gasteiger partial charge < -0.3 is 10.1 Å². The number of benzene rings is 2. The largest absolute Gasteiger partial charge is 0.465 e. The molecule has 0 saturated heterocycles. The number of nitrogens with one attached hydrogen (secondary N) is 1. The second-order valence-electron chi connectivity index (χ2n) is 5.17. The topological polar surface area (TPSA) is 116 Å². The third-order valence-corrected chi connectivity index (χ3v) is 4.80. The number of rotatable bonds is 4. The fourth-order valence-corrected chi connectivity index (χ4v) is 3.13. The smallest absolute Gasteiger partial charge is 0.337 e. The second kappa shape index (κ2) is 7.22. The highest BCUT2D eigenvalue weighted by atomic mass is 35.5. The van der Waals surface area contributed by atoms with Crippen LogP contribution in [0.4, 0.5) is 5.69 Å². The van der Waals surface area contributed by atoms with Crippen LogP contribution in [0.5, 0.6) is 0 Å². The normalized spacial score (nSPS) is 11.0. The van der Waals surface area contributed by atoms with Crippen LogP contribution in [0.15, 0.2) is 41.3 Å². The van der Waals surface area contributed by atoms with Crippen molar-refractivity contribution in [2.24, 2.45) is 5.14 Å². The van der Waals surface area contributed by atoms with Gasteiger partial charge in [0.15, 0.2) is 0 Å². The molecule has 0 radical (unpaired) electrons. The van der Waals surface area contributed by atoms with Gasteiger partial charge in [0.05, 0.1) is 17.7 Å². The van der Waals surface area contributed by atoms with Gasteiger partial charge in [0.2, 0.25) is 10.0 Å². The SMILES string of the molecule is COC(=O)c1ccc(C)c(NC(=O)c2ccc(Cl)c(S(N)(=O)=O)c2)c1. The number of hydrogen-bond donors (Lipinski definition) is 2. The van der Waals surface area contributed by atoms with E-state index in [0.717, 1.165) is 6.07 Å². The van der Waals surface area contributed by atoms with Crippen molar-refractivity contribution in [3.05, 3.63) is 58.1 Å². The average molecular weight is 383 g/mol. The molecule has 0 aliphatic rings. The first kappa shape index (κ1) is 18.9. The van der Waals surface area contributed by atoms with Crippen LogP contribution in [-0.2, 0) is 14.8 Å². The Bertz CT molecular complexity index is 957. The molecule has 0 bridgehead atoms. The Hall–Kier alpha value is -2.42. The van der Waals surface area contributed by atoms with Crippen molar-refractivity contribution in [2.45, 2.75) is 11.8 Å². The average Bonchev–Trinajstić information content (AvgIpc) is 2.55. The number of methoxy groups -OCH3 is 1. The lowest BCUT2D eigenvalue weighted by Gasteiger charge is -2.11. The van der Waals surface area contributed by atoms with E-state index in [4.69, 9.17) is 16.7 Å². The van der Waals surface area contributed by atoms with E-state index in [0.29, 0.717) is 11.3 Å². The third kappa shape index (κ3) is 4.36. The van der Waals surface area contributed by atoms with Crippen LogP contribution in [0.25, 0.3) is 0 Å². The summed E-state index contributed by atoms with van der Waals surface area (Å²) in [6.45, 7) is 1.74. The summed E-state index contributed by atoms with van der Waals surface area (Å²) in [5, 5.41) is 7.61. The van der Waals surface area contributed by atoms with Crippen molar-refractivity contribution in [3.63, 3.8) is 0 Å².